The van der Waals surface area contributed by atoms with Gasteiger partial charge in [-0.25, -0.2) is 0 Å². The average molecular weight is 610 g/mol. The zero-order chi connectivity index (χ0) is 30.1. The fourth-order valence-corrected chi connectivity index (χ4v) is 6.55. The lowest BCUT2D eigenvalue weighted by atomic mass is 9.96. The van der Waals surface area contributed by atoms with Gasteiger partial charge in [-0.1, -0.05) is 54.1 Å². The molecule has 1 saturated heterocycles. The van der Waals surface area contributed by atoms with Crippen molar-refractivity contribution in [1.82, 2.24) is 19.8 Å². The first kappa shape index (κ1) is 28.7. The molecule has 0 unspecified atom stereocenters. The Balaban J connectivity index is 1.33. The fraction of sp³-hybridized carbons (Fsp3) is 0.206. The van der Waals surface area contributed by atoms with Crippen molar-refractivity contribution < 1.29 is 9.53 Å². The van der Waals surface area contributed by atoms with E-state index in [0.717, 1.165) is 50.5 Å². The predicted molar refractivity (Wildman–Crippen MR) is 176 cm³/mol. The number of halogens is 1. The van der Waals surface area contributed by atoms with Crippen LogP contribution < -0.4 is 15.4 Å². The third kappa shape index (κ3) is 5.56. The van der Waals surface area contributed by atoms with Crippen molar-refractivity contribution >= 4 is 51.3 Å². The number of rotatable bonds is 8. The molecule has 0 spiro atoms. The lowest BCUT2D eigenvalue weighted by molar-refractivity contribution is -0.116. The minimum Gasteiger partial charge on any atom is -0.495 e. The molecule has 0 aliphatic carbocycles. The number of anilines is 1. The van der Waals surface area contributed by atoms with Crippen LogP contribution in [0.2, 0.25) is 5.02 Å². The summed E-state index contributed by atoms with van der Waals surface area (Å²) in [5.74, 6) is 0.648. The van der Waals surface area contributed by atoms with Gasteiger partial charge in [0.15, 0.2) is 5.11 Å². The maximum atomic E-state index is 13.3. The van der Waals surface area contributed by atoms with Crippen molar-refractivity contribution in [3.05, 3.63) is 119 Å². The van der Waals surface area contributed by atoms with E-state index in [4.69, 9.17) is 28.6 Å². The number of nitrogens with zero attached hydrogens (tertiary/aromatic N) is 3. The van der Waals surface area contributed by atoms with E-state index in [0.29, 0.717) is 16.7 Å². The van der Waals surface area contributed by atoms with Crippen LogP contribution in [0.25, 0.3) is 16.5 Å². The third-order valence-electron chi connectivity index (χ3n) is 8.01. The highest BCUT2D eigenvalue weighted by Crippen LogP contribution is 2.42. The molecule has 1 fully saturated rings. The monoisotopic (exact) mass is 609 g/mol. The number of carbonyl (C=O) groups excluding carboxylic acids is 1. The lowest BCUT2D eigenvalue weighted by Crippen LogP contribution is -2.33. The highest BCUT2D eigenvalue weighted by molar-refractivity contribution is 7.80. The summed E-state index contributed by atoms with van der Waals surface area (Å²) in [6.07, 6.45) is 2.05. The molecule has 0 saturated carbocycles. The molecule has 3 aromatic carbocycles. The van der Waals surface area contributed by atoms with E-state index in [2.05, 4.69) is 45.0 Å². The van der Waals surface area contributed by atoms with Crippen LogP contribution in [0.3, 0.4) is 0 Å². The van der Waals surface area contributed by atoms with Gasteiger partial charge >= 0.3 is 0 Å². The Hall–Kier alpha value is -4.40. The molecule has 0 radical (unpaired) electrons. The Morgan fingerprint density at radius 3 is 2.63 bits per heavy atom. The second kappa shape index (κ2) is 12.1. The smallest absolute Gasteiger partial charge is 0.226 e. The molecule has 3 heterocycles. The number of methoxy groups -OCH3 is 1. The molecule has 1 aliphatic heterocycles. The summed E-state index contributed by atoms with van der Waals surface area (Å²) in [5.41, 5.74) is 5.67. The summed E-state index contributed by atoms with van der Waals surface area (Å²) in [7, 11) is 1.66. The molecule has 218 valence electrons. The van der Waals surface area contributed by atoms with Crippen LogP contribution in [0.4, 0.5) is 5.69 Å². The Morgan fingerprint density at radius 2 is 1.84 bits per heavy atom. The number of hydrogen-bond acceptors (Lipinski definition) is 4. The van der Waals surface area contributed by atoms with Crippen molar-refractivity contribution in [1.29, 1.82) is 0 Å². The Morgan fingerprint density at radius 1 is 1.05 bits per heavy atom. The molecular formula is C34H32ClN5O2S. The minimum absolute atomic E-state index is 0.0756. The highest BCUT2D eigenvalue weighted by atomic mass is 35.5. The topological polar surface area (TPSA) is 71.4 Å². The molecule has 2 N–H and O–H groups in total. The number of carbonyl (C=O) groups is 1. The predicted octanol–water partition coefficient (Wildman–Crippen LogP) is 7.31. The Labute approximate surface area is 261 Å². The second-order valence-electron chi connectivity index (χ2n) is 10.6. The number of aryl methyl sites for hydroxylation is 1. The van der Waals surface area contributed by atoms with Gasteiger partial charge in [-0.15, -0.1) is 0 Å². The Kier molecular flexibility index (Phi) is 8.06. The van der Waals surface area contributed by atoms with E-state index in [1.165, 1.54) is 0 Å². The van der Waals surface area contributed by atoms with Crippen molar-refractivity contribution in [2.45, 2.75) is 32.4 Å². The van der Waals surface area contributed by atoms with Gasteiger partial charge in [0, 0.05) is 46.6 Å². The molecule has 2 aromatic heterocycles. The second-order valence-corrected chi connectivity index (χ2v) is 11.4. The summed E-state index contributed by atoms with van der Waals surface area (Å²) in [6.45, 7) is 4.58. The van der Waals surface area contributed by atoms with Crippen molar-refractivity contribution in [3.63, 3.8) is 0 Å². The SMILES string of the molecule is COc1ccc(Cl)cc1-n1c(C)cc([C@@H]2[C@H](c3ccccn3)NC(=S)N2CCC(=O)Nc2cccc3ccccc23)c1C. The number of amides is 1. The van der Waals surface area contributed by atoms with Crippen LogP contribution in [0.5, 0.6) is 5.75 Å². The van der Waals surface area contributed by atoms with E-state index < -0.39 is 0 Å². The van der Waals surface area contributed by atoms with Crippen molar-refractivity contribution in [2.75, 3.05) is 19.0 Å². The van der Waals surface area contributed by atoms with Crippen molar-refractivity contribution in [2.24, 2.45) is 0 Å². The third-order valence-corrected chi connectivity index (χ3v) is 8.60. The molecule has 5 aromatic rings. The molecule has 0 bridgehead atoms. The van der Waals surface area contributed by atoms with Gasteiger partial charge in [0.25, 0.3) is 0 Å². The summed E-state index contributed by atoms with van der Waals surface area (Å²) in [5, 5.41) is 9.91. The first-order valence-corrected chi connectivity index (χ1v) is 14.9. The van der Waals surface area contributed by atoms with Crippen LogP contribution in [0, 0.1) is 13.8 Å². The molecule has 1 aliphatic rings. The standard InChI is InChI=1S/C34H32ClN5O2S/c1-21-19-26(22(2)40(21)29-20-24(35)14-15-30(29)42-3)33-32(28-12-6-7-17-36-28)38-34(43)39(33)18-16-31(41)37-27-13-8-10-23-9-4-5-11-25(23)27/h4-15,17,19-20,32-33H,16,18H2,1-3H3,(H,37,41)(H,38,43)/t32-,33+/m0/s1. The first-order valence-electron chi connectivity index (χ1n) is 14.1. The lowest BCUT2D eigenvalue weighted by Gasteiger charge is -2.28. The normalized spacial score (nSPS) is 16.4. The number of pyridine rings is 1. The number of nitrogens with one attached hydrogen (secondary N) is 2. The maximum Gasteiger partial charge on any atom is 0.226 e. The largest absolute Gasteiger partial charge is 0.495 e. The summed E-state index contributed by atoms with van der Waals surface area (Å²) in [4.78, 5) is 20.1. The number of hydrogen-bond donors (Lipinski definition) is 2. The summed E-state index contributed by atoms with van der Waals surface area (Å²) >= 11 is 12.3. The number of fused-ring (bicyclic) bond motifs is 1. The molecule has 43 heavy (non-hydrogen) atoms. The van der Waals surface area contributed by atoms with E-state index in [9.17, 15) is 4.79 Å². The number of aromatic nitrogens is 2. The molecule has 7 nitrogen and oxygen atoms in total. The minimum atomic E-state index is -0.204. The number of ether oxygens (including phenoxy) is 1. The van der Waals surface area contributed by atoms with E-state index >= 15 is 0 Å². The van der Waals surface area contributed by atoms with Crippen LogP contribution in [0.1, 0.15) is 41.1 Å². The van der Waals surface area contributed by atoms with Gasteiger partial charge in [0.1, 0.15) is 5.75 Å². The number of thiocarbonyl (C=S) groups is 1. The first-order chi connectivity index (χ1) is 20.9. The van der Waals surface area contributed by atoms with E-state index in [1.54, 1.807) is 13.3 Å². The van der Waals surface area contributed by atoms with E-state index in [1.807, 2.05) is 78.9 Å². The van der Waals surface area contributed by atoms with Crippen LogP contribution >= 0.6 is 23.8 Å². The highest BCUT2D eigenvalue weighted by Gasteiger charge is 2.41. The summed E-state index contributed by atoms with van der Waals surface area (Å²) in [6, 6.07) is 27.2. The number of benzene rings is 3. The quantitative estimate of drug-likeness (QED) is 0.180. The van der Waals surface area contributed by atoms with Gasteiger partial charge in [0.2, 0.25) is 5.91 Å². The van der Waals surface area contributed by atoms with E-state index in [-0.39, 0.29) is 24.4 Å². The Bertz CT molecular complexity index is 1820. The average Bonchev–Trinajstić information content (AvgIpc) is 3.50. The molecular weight excluding hydrogens is 578 g/mol. The summed E-state index contributed by atoms with van der Waals surface area (Å²) < 4.78 is 7.85. The van der Waals surface area contributed by atoms with Crippen molar-refractivity contribution in [3.8, 4) is 11.4 Å². The van der Waals surface area contributed by atoms with Crippen LogP contribution in [0.15, 0.2) is 91.1 Å². The van der Waals surface area contributed by atoms with Crippen LogP contribution in [-0.2, 0) is 4.79 Å². The van der Waals surface area contributed by atoms with Gasteiger partial charge < -0.3 is 24.8 Å². The molecule has 6 rings (SSSR count). The molecule has 2 atom stereocenters. The van der Waals surface area contributed by atoms with Gasteiger partial charge in [-0.2, -0.15) is 0 Å². The van der Waals surface area contributed by atoms with Gasteiger partial charge in [0.05, 0.1) is 30.6 Å². The zero-order valence-corrected chi connectivity index (χ0v) is 25.7. The fourth-order valence-electron chi connectivity index (χ4n) is 6.05. The van der Waals surface area contributed by atoms with Gasteiger partial charge in [-0.05, 0) is 79.5 Å². The van der Waals surface area contributed by atoms with Gasteiger partial charge in [-0.3, -0.25) is 9.78 Å². The van der Waals surface area contributed by atoms with Crippen LogP contribution in [-0.4, -0.2) is 39.1 Å². The zero-order valence-electron chi connectivity index (χ0n) is 24.2. The molecule has 1 amide bonds. The molecule has 9 heteroatoms. The maximum absolute atomic E-state index is 13.3.